The first kappa shape index (κ1) is 19.0. The van der Waals surface area contributed by atoms with Crippen molar-refractivity contribution in [3.05, 3.63) is 59.2 Å². The quantitative estimate of drug-likeness (QED) is 0.657. The number of hydrogen-bond acceptors (Lipinski definition) is 6. The van der Waals surface area contributed by atoms with Crippen LogP contribution in [0.2, 0.25) is 0 Å². The van der Waals surface area contributed by atoms with E-state index in [0.29, 0.717) is 53.9 Å². The number of halogens is 1. The molecule has 3 aromatic rings. The van der Waals surface area contributed by atoms with E-state index >= 15 is 0 Å². The Bertz CT molecular complexity index is 1000. The maximum Gasteiger partial charge on any atom is 0.259 e. The van der Waals surface area contributed by atoms with Gasteiger partial charge >= 0.3 is 0 Å². The van der Waals surface area contributed by atoms with Crippen LogP contribution in [0.1, 0.15) is 28.2 Å². The molecule has 0 bridgehead atoms. The first-order chi connectivity index (χ1) is 14.0. The minimum absolute atomic E-state index is 0.0528. The fourth-order valence-corrected chi connectivity index (χ4v) is 3.50. The number of carbonyl (C=O) groups is 1. The summed E-state index contributed by atoms with van der Waals surface area (Å²) in [4.78, 5) is 14.5. The third-order valence-electron chi connectivity index (χ3n) is 5.05. The second-order valence-corrected chi connectivity index (χ2v) is 7.18. The molecule has 1 saturated heterocycles. The van der Waals surface area contributed by atoms with E-state index in [1.54, 1.807) is 43.0 Å². The Labute approximate surface area is 167 Å². The summed E-state index contributed by atoms with van der Waals surface area (Å²) in [6, 6.07) is 9.67. The molecule has 2 aromatic heterocycles. The van der Waals surface area contributed by atoms with Gasteiger partial charge in [-0.15, -0.1) is 10.2 Å². The summed E-state index contributed by atoms with van der Waals surface area (Å²) in [5, 5.41) is 12.0. The number of amides is 1. The third kappa shape index (κ3) is 4.11. The minimum Gasteiger partial charge on any atom is -0.476 e. The number of rotatable bonds is 5. The molecule has 1 unspecified atom stereocenters. The Morgan fingerprint density at radius 1 is 1.28 bits per heavy atom. The lowest BCUT2D eigenvalue weighted by Gasteiger charge is -2.16. The number of aryl methyl sites for hydroxylation is 2. The summed E-state index contributed by atoms with van der Waals surface area (Å²) < 4.78 is 24.2. The molecule has 1 fully saturated rings. The van der Waals surface area contributed by atoms with Crippen LogP contribution in [0.5, 0.6) is 5.88 Å². The molecule has 1 atom stereocenters. The summed E-state index contributed by atoms with van der Waals surface area (Å²) in [6.07, 6.45) is 0.851. The van der Waals surface area contributed by atoms with E-state index in [9.17, 15) is 9.18 Å². The summed E-state index contributed by atoms with van der Waals surface area (Å²) in [5.74, 6) is 0.787. The van der Waals surface area contributed by atoms with Crippen LogP contribution in [-0.2, 0) is 0 Å². The zero-order valence-electron chi connectivity index (χ0n) is 16.3. The Kier molecular flexibility index (Phi) is 5.24. The van der Waals surface area contributed by atoms with Crippen LogP contribution in [0.25, 0.3) is 11.3 Å². The summed E-state index contributed by atoms with van der Waals surface area (Å²) in [5.41, 5.74) is 2.40. The van der Waals surface area contributed by atoms with Gasteiger partial charge in [-0.3, -0.25) is 4.79 Å². The molecule has 1 aromatic carbocycles. The van der Waals surface area contributed by atoms with Crippen molar-refractivity contribution in [2.75, 3.05) is 19.7 Å². The average Bonchev–Trinajstić information content (AvgIpc) is 3.33. The molecular formula is C21H21FN4O3. The Morgan fingerprint density at radius 3 is 2.83 bits per heavy atom. The van der Waals surface area contributed by atoms with E-state index in [2.05, 4.69) is 15.4 Å². The minimum atomic E-state index is -0.318. The predicted molar refractivity (Wildman–Crippen MR) is 103 cm³/mol. The maximum atomic E-state index is 13.3. The lowest BCUT2D eigenvalue weighted by Crippen LogP contribution is -2.30. The zero-order valence-corrected chi connectivity index (χ0v) is 16.3. The Hall–Kier alpha value is -3.29. The van der Waals surface area contributed by atoms with Gasteiger partial charge in [0.25, 0.3) is 5.91 Å². The molecule has 1 aliphatic heterocycles. The van der Waals surface area contributed by atoms with Gasteiger partial charge in [0.1, 0.15) is 17.1 Å². The molecule has 7 nitrogen and oxygen atoms in total. The Balaban J connectivity index is 1.33. The van der Waals surface area contributed by atoms with Gasteiger partial charge in [-0.1, -0.05) is 17.3 Å². The van der Waals surface area contributed by atoms with Crippen LogP contribution in [0.15, 0.2) is 40.9 Å². The van der Waals surface area contributed by atoms with Gasteiger partial charge in [0, 0.05) is 30.6 Å². The molecule has 150 valence electrons. The number of carbonyl (C=O) groups excluding carboxylic acids is 1. The predicted octanol–water partition coefficient (Wildman–Crippen LogP) is 3.43. The highest BCUT2D eigenvalue weighted by atomic mass is 19.1. The van der Waals surface area contributed by atoms with Crippen molar-refractivity contribution < 1.29 is 18.4 Å². The highest BCUT2D eigenvalue weighted by molar-refractivity contribution is 5.96. The van der Waals surface area contributed by atoms with Gasteiger partial charge in [0.15, 0.2) is 0 Å². The number of ether oxygens (including phenoxy) is 1. The van der Waals surface area contributed by atoms with Gasteiger partial charge in [0.05, 0.1) is 18.0 Å². The van der Waals surface area contributed by atoms with E-state index in [1.165, 1.54) is 12.1 Å². The molecule has 0 saturated carbocycles. The number of aromatic nitrogens is 3. The van der Waals surface area contributed by atoms with Gasteiger partial charge in [-0.25, -0.2) is 4.39 Å². The molecule has 0 spiro atoms. The lowest BCUT2D eigenvalue weighted by molar-refractivity contribution is 0.0780. The first-order valence-corrected chi connectivity index (χ1v) is 9.46. The topological polar surface area (TPSA) is 81.4 Å². The van der Waals surface area contributed by atoms with E-state index in [4.69, 9.17) is 9.26 Å². The lowest BCUT2D eigenvalue weighted by atomic mass is 10.1. The van der Waals surface area contributed by atoms with Crippen molar-refractivity contribution in [2.24, 2.45) is 5.92 Å². The Morgan fingerprint density at radius 2 is 2.14 bits per heavy atom. The average molecular weight is 396 g/mol. The fraction of sp³-hybridized carbons (Fsp3) is 0.333. The van der Waals surface area contributed by atoms with Crippen molar-refractivity contribution in [1.82, 2.24) is 20.3 Å². The van der Waals surface area contributed by atoms with Crippen molar-refractivity contribution >= 4 is 5.91 Å². The van der Waals surface area contributed by atoms with Crippen LogP contribution in [0, 0.1) is 25.6 Å². The van der Waals surface area contributed by atoms with E-state index in [0.717, 1.165) is 6.42 Å². The SMILES string of the molecule is Cc1noc(C)c1C(=O)N1CCC(COc2ccc(-c3cccc(F)c3)nn2)C1. The van der Waals surface area contributed by atoms with Crippen molar-refractivity contribution in [1.29, 1.82) is 0 Å². The van der Waals surface area contributed by atoms with Crippen LogP contribution < -0.4 is 4.74 Å². The second kappa shape index (κ2) is 7.98. The molecule has 1 aliphatic rings. The molecule has 0 radical (unpaired) electrons. The van der Waals surface area contributed by atoms with Crippen LogP contribution in [-0.4, -0.2) is 45.9 Å². The molecule has 3 heterocycles. The van der Waals surface area contributed by atoms with Gasteiger partial charge in [0.2, 0.25) is 5.88 Å². The normalized spacial score (nSPS) is 16.2. The molecule has 1 amide bonds. The molecule has 0 N–H and O–H groups in total. The highest BCUT2D eigenvalue weighted by Gasteiger charge is 2.30. The third-order valence-corrected chi connectivity index (χ3v) is 5.05. The van der Waals surface area contributed by atoms with Crippen LogP contribution >= 0.6 is 0 Å². The largest absolute Gasteiger partial charge is 0.476 e. The van der Waals surface area contributed by atoms with Crippen molar-refractivity contribution in [3.8, 4) is 17.1 Å². The monoisotopic (exact) mass is 396 g/mol. The van der Waals surface area contributed by atoms with Crippen LogP contribution in [0.4, 0.5) is 4.39 Å². The number of likely N-dealkylation sites (tertiary alicyclic amines) is 1. The molecule has 0 aliphatic carbocycles. The van der Waals surface area contributed by atoms with Gasteiger partial charge in [-0.2, -0.15) is 0 Å². The molecule has 29 heavy (non-hydrogen) atoms. The highest BCUT2D eigenvalue weighted by Crippen LogP contribution is 2.23. The fourth-order valence-electron chi connectivity index (χ4n) is 3.50. The van der Waals surface area contributed by atoms with Crippen molar-refractivity contribution in [3.63, 3.8) is 0 Å². The first-order valence-electron chi connectivity index (χ1n) is 9.46. The maximum absolute atomic E-state index is 13.3. The summed E-state index contributed by atoms with van der Waals surface area (Å²) >= 11 is 0. The standard InChI is InChI=1S/C21H21FN4O3/c1-13-20(14(2)29-25-13)21(27)26-9-8-15(11-26)12-28-19-7-6-18(23-24-19)16-4-3-5-17(22)10-16/h3-7,10,15H,8-9,11-12H2,1-2H3. The number of nitrogens with zero attached hydrogens (tertiary/aromatic N) is 4. The molecule has 4 rings (SSSR count). The molecule has 8 heteroatoms. The second-order valence-electron chi connectivity index (χ2n) is 7.18. The summed E-state index contributed by atoms with van der Waals surface area (Å²) in [7, 11) is 0. The number of benzene rings is 1. The summed E-state index contributed by atoms with van der Waals surface area (Å²) in [6.45, 7) is 5.24. The van der Waals surface area contributed by atoms with Crippen molar-refractivity contribution in [2.45, 2.75) is 20.3 Å². The van der Waals surface area contributed by atoms with Gasteiger partial charge < -0.3 is 14.2 Å². The molecular weight excluding hydrogens is 375 g/mol. The van der Waals surface area contributed by atoms with Gasteiger partial charge in [-0.05, 0) is 38.5 Å². The van der Waals surface area contributed by atoms with Crippen LogP contribution in [0.3, 0.4) is 0 Å². The number of hydrogen-bond donors (Lipinski definition) is 0. The van der Waals surface area contributed by atoms with E-state index in [-0.39, 0.29) is 17.6 Å². The zero-order chi connectivity index (χ0) is 20.4. The van der Waals surface area contributed by atoms with E-state index in [1.807, 2.05) is 0 Å². The smallest absolute Gasteiger partial charge is 0.259 e. The van der Waals surface area contributed by atoms with E-state index < -0.39 is 0 Å².